The number of hydrogen-bond acceptors (Lipinski definition) is 1. The number of allylic oxidation sites excluding steroid dienone is 1. The van der Waals surface area contributed by atoms with Crippen molar-refractivity contribution < 1.29 is 0 Å². The SMILES string of the molecule is CCCCN[C@H]1C=CCCC1. The lowest BCUT2D eigenvalue weighted by atomic mass is 10.0. The van der Waals surface area contributed by atoms with Gasteiger partial charge in [0.25, 0.3) is 0 Å². The molecule has 0 aromatic rings. The van der Waals surface area contributed by atoms with Crippen molar-refractivity contribution in [3.05, 3.63) is 12.2 Å². The van der Waals surface area contributed by atoms with Gasteiger partial charge in [-0.2, -0.15) is 0 Å². The van der Waals surface area contributed by atoms with Gasteiger partial charge in [0.15, 0.2) is 0 Å². The van der Waals surface area contributed by atoms with Crippen molar-refractivity contribution in [3.63, 3.8) is 0 Å². The van der Waals surface area contributed by atoms with Gasteiger partial charge in [0.05, 0.1) is 0 Å². The topological polar surface area (TPSA) is 12.0 Å². The van der Waals surface area contributed by atoms with Gasteiger partial charge in [-0.1, -0.05) is 25.5 Å². The molecule has 0 unspecified atom stereocenters. The van der Waals surface area contributed by atoms with Crippen molar-refractivity contribution in [1.29, 1.82) is 0 Å². The maximum atomic E-state index is 3.54. The Kier molecular flexibility index (Phi) is 4.29. The van der Waals surface area contributed by atoms with Crippen LogP contribution in [0.3, 0.4) is 0 Å². The molecule has 0 aromatic heterocycles. The molecule has 1 aliphatic rings. The van der Waals surface area contributed by atoms with Gasteiger partial charge in [0.2, 0.25) is 0 Å². The summed E-state index contributed by atoms with van der Waals surface area (Å²) < 4.78 is 0. The first-order chi connectivity index (χ1) is 5.43. The Morgan fingerprint density at radius 2 is 2.45 bits per heavy atom. The van der Waals surface area contributed by atoms with E-state index in [0.717, 1.165) is 0 Å². The van der Waals surface area contributed by atoms with E-state index in [9.17, 15) is 0 Å². The Balaban J connectivity index is 2.05. The van der Waals surface area contributed by atoms with Gasteiger partial charge in [-0.05, 0) is 32.2 Å². The molecule has 1 rings (SSSR count). The molecule has 0 radical (unpaired) electrons. The third-order valence-electron chi connectivity index (χ3n) is 2.19. The lowest BCUT2D eigenvalue weighted by Gasteiger charge is -2.17. The lowest BCUT2D eigenvalue weighted by molar-refractivity contribution is 0.513. The van der Waals surface area contributed by atoms with Crippen molar-refractivity contribution in [1.82, 2.24) is 5.32 Å². The van der Waals surface area contributed by atoms with E-state index in [1.807, 2.05) is 0 Å². The summed E-state index contributed by atoms with van der Waals surface area (Å²) in [5.74, 6) is 0. The van der Waals surface area contributed by atoms with Crippen LogP contribution >= 0.6 is 0 Å². The van der Waals surface area contributed by atoms with Crippen LogP contribution in [-0.4, -0.2) is 12.6 Å². The molecule has 1 aliphatic carbocycles. The molecule has 1 nitrogen and oxygen atoms in total. The van der Waals surface area contributed by atoms with Crippen LogP contribution in [0.15, 0.2) is 12.2 Å². The Morgan fingerprint density at radius 3 is 3.09 bits per heavy atom. The predicted octanol–water partition coefficient (Wildman–Crippen LogP) is 2.48. The van der Waals surface area contributed by atoms with Crippen molar-refractivity contribution in [2.24, 2.45) is 0 Å². The third kappa shape index (κ3) is 3.57. The van der Waals surface area contributed by atoms with E-state index >= 15 is 0 Å². The molecular weight excluding hydrogens is 134 g/mol. The zero-order valence-electron chi connectivity index (χ0n) is 7.47. The largest absolute Gasteiger partial charge is 0.311 e. The highest BCUT2D eigenvalue weighted by Gasteiger charge is 2.05. The van der Waals surface area contributed by atoms with Crippen LogP contribution in [0.4, 0.5) is 0 Å². The quantitative estimate of drug-likeness (QED) is 0.483. The van der Waals surface area contributed by atoms with Gasteiger partial charge in [-0.3, -0.25) is 0 Å². The van der Waals surface area contributed by atoms with Gasteiger partial charge in [-0.25, -0.2) is 0 Å². The van der Waals surface area contributed by atoms with Crippen LogP contribution in [0.1, 0.15) is 39.0 Å². The van der Waals surface area contributed by atoms with E-state index in [1.54, 1.807) is 0 Å². The first-order valence-corrected chi connectivity index (χ1v) is 4.83. The summed E-state index contributed by atoms with van der Waals surface area (Å²) in [7, 11) is 0. The van der Waals surface area contributed by atoms with Gasteiger partial charge < -0.3 is 5.32 Å². The fraction of sp³-hybridized carbons (Fsp3) is 0.800. The van der Waals surface area contributed by atoms with E-state index in [-0.39, 0.29) is 0 Å². The molecule has 0 saturated heterocycles. The highest BCUT2D eigenvalue weighted by Crippen LogP contribution is 2.09. The number of rotatable bonds is 4. The Labute approximate surface area is 69.9 Å². The summed E-state index contributed by atoms with van der Waals surface area (Å²) in [4.78, 5) is 0. The monoisotopic (exact) mass is 153 g/mol. The van der Waals surface area contributed by atoms with E-state index < -0.39 is 0 Å². The Morgan fingerprint density at radius 1 is 1.55 bits per heavy atom. The van der Waals surface area contributed by atoms with Crippen LogP contribution in [0.25, 0.3) is 0 Å². The maximum absolute atomic E-state index is 3.54. The fourth-order valence-electron chi connectivity index (χ4n) is 1.45. The summed E-state index contributed by atoms with van der Waals surface area (Å²) in [6.07, 6.45) is 11.2. The molecule has 0 fully saturated rings. The molecule has 1 heteroatoms. The molecule has 0 aromatic carbocycles. The van der Waals surface area contributed by atoms with Crippen LogP contribution < -0.4 is 5.32 Å². The van der Waals surface area contributed by atoms with E-state index in [0.29, 0.717) is 6.04 Å². The van der Waals surface area contributed by atoms with Gasteiger partial charge in [0.1, 0.15) is 0 Å². The standard InChI is InChI=1S/C10H19N/c1-2-3-9-11-10-7-5-4-6-8-10/h5,7,10-11H,2-4,6,8-9H2,1H3/t10-/m0/s1. The van der Waals surface area contributed by atoms with E-state index in [1.165, 1.54) is 38.6 Å². The molecule has 0 saturated carbocycles. The summed E-state index contributed by atoms with van der Waals surface area (Å²) in [6.45, 7) is 3.42. The predicted molar refractivity (Wildman–Crippen MR) is 49.7 cm³/mol. The van der Waals surface area contributed by atoms with Gasteiger partial charge >= 0.3 is 0 Å². The molecular formula is C10H19N. The molecule has 1 atom stereocenters. The highest BCUT2D eigenvalue weighted by atomic mass is 14.9. The third-order valence-corrected chi connectivity index (χ3v) is 2.19. The van der Waals surface area contributed by atoms with Gasteiger partial charge in [0, 0.05) is 6.04 Å². The highest BCUT2D eigenvalue weighted by molar-refractivity contribution is 4.97. The van der Waals surface area contributed by atoms with Crippen molar-refractivity contribution >= 4 is 0 Å². The van der Waals surface area contributed by atoms with Crippen molar-refractivity contribution in [3.8, 4) is 0 Å². The zero-order valence-corrected chi connectivity index (χ0v) is 7.47. The van der Waals surface area contributed by atoms with Crippen LogP contribution in [0.5, 0.6) is 0 Å². The minimum atomic E-state index is 0.676. The smallest absolute Gasteiger partial charge is 0.0250 e. The zero-order chi connectivity index (χ0) is 7.94. The average Bonchev–Trinajstić information content (AvgIpc) is 2.07. The average molecular weight is 153 g/mol. The lowest BCUT2D eigenvalue weighted by Crippen LogP contribution is -2.29. The summed E-state index contributed by atoms with van der Waals surface area (Å²) in [5, 5.41) is 3.54. The Bertz CT molecular complexity index is 118. The fourth-order valence-corrected chi connectivity index (χ4v) is 1.45. The molecule has 0 aliphatic heterocycles. The maximum Gasteiger partial charge on any atom is 0.0250 e. The molecule has 0 amide bonds. The molecule has 1 N–H and O–H groups in total. The van der Waals surface area contributed by atoms with E-state index in [4.69, 9.17) is 0 Å². The number of hydrogen-bond donors (Lipinski definition) is 1. The molecule has 0 bridgehead atoms. The van der Waals surface area contributed by atoms with Crippen molar-refractivity contribution in [2.75, 3.05) is 6.54 Å². The summed E-state index contributed by atoms with van der Waals surface area (Å²) in [5.41, 5.74) is 0. The van der Waals surface area contributed by atoms with Gasteiger partial charge in [-0.15, -0.1) is 0 Å². The molecule has 64 valence electrons. The minimum absolute atomic E-state index is 0.676. The second kappa shape index (κ2) is 5.36. The molecule has 11 heavy (non-hydrogen) atoms. The van der Waals surface area contributed by atoms with Crippen LogP contribution in [0, 0.1) is 0 Å². The number of nitrogens with one attached hydrogen (secondary N) is 1. The van der Waals surface area contributed by atoms with Crippen LogP contribution in [-0.2, 0) is 0 Å². The second-order valence-electron chi connectivity index (χ2n) is 3.27. The van der Waals surface area contributed by atoms with Crippen molar-refractivity contribution in [2.45, 2.75) is 45.1 Å². The normalized spacial score (nSPS) is 23.9. The second-order valence-corrected chi connectivity index (χ2v) is 3.27. The van der Waals surface area contributed by atoms with Crippen LogP contribution in [0.2, 0.25) is 0 Å². The first kappa shape index (κ1) is 8.79. The van der Waals surface area contributed by atoms with E-state index in [2.05, 4.69) is 24.4 Å². The summed E-state index contributed by atoms with van der Waals surface area (Å²) in [6, 6.07) is 0.676. The Hall–Kier alpha value is -0.300. The summed E-state index contributed by atoms with van der Waals surface area (Å²) >= 11 is 0. The number of unbranched alkanes of at least 4 members (excludes halogenated alkanes) is 1. The first-order valence-electron chi connectivity index (χ1n) is 4.83. The minimum Gasteiger partial charge on any atom is -0.311 e. The molecule has 0 heterocycles. The molecule has 0 spiro atoms.